The van der Waals surface area contributed by atoms with E-state index in [4.69, 9.17) is 4.74 Å². The highest BCUT2D eigenvalue weighted by Crippen LogP contribution is 2.32. The average molecular weight is 471 g/mol. The summed E-state index contributed by atoms with van der Waals surface area (Å²) in [5, 5.41) is 1.03. The molecule has 0 spiro atoms. The normalized spacial score (nSPS) is 19.0. The highest BCUT2D eigenvalue weighted by Gasteiger charge is 2.28. The van der Waals surface area contributed by atoms with Gasteiger partial charge in [-0.05, 0) is 68.6 Å². The molecule has 0 radical (unpaired) electrons. The second-order valence-corrected chi connectivity index (χ2v) is 11.3. The molecule has 4 rings (SSSR count). The molecule has 2 aromatic heterocycles. The first-order chi connectivity index (χ1) is 16.0. The van der Waals surface area contributed by atoms with E-state index in [0.29, 0.717) is 18.2 Å². The molecule has 0 aliphatic heterocycles. The minimum absolute atomic E-state index is 0.256. The maximum atomic E-state index is 12.7. The fraction of sp³-hybridized carbons (Fsp3) is 0.520. The van der Waals surface area contributed by atoms with Crippen molar-refractivity contribution in [3.05, 3.63) is 48.4 Å². The van der Waals surface area contributed by atoms with Gasteiger partial charge in [0.1, 0.15) is 23.5 Å². The van der Waals surface area contributed by atoms with Gasteiger partial charge >= 0.3 is 0 Å². The molecule has 7 nitrogen and oxygen atoms in total. The van der Waals surface area contributed by atoms with Gasteiger partial charge in [-0.3, -0.25) is 0 Å². The van der Waals surface area contributed by atoms with Gasteiger partial charge in [0.25, 0.3) is 0 Å². The summed E-state index contributed by atoms with van der Waals surface area (Å²) < 4.78 is 30.8. The number of aromatic nitrogens is 3. The van der Waals surface area contributed by atoms with Crippen molar-refractivity contribution in [3.63, 3.8) is 0 Å². The van der Waals surface area contributed by atoms with Crippen LogP contribution in [0.25, 0.3) is 11.0 Å². The number of unbranched alkanes of at least 4 members (excludes halogenated alkanes) is 1. The minimum atomic E-state index is -3.03. The molecular formula is C25H34N4O3S. The van der Waals surface area contributed by atoms with Crippen LogP contribution in [0, 0.1) is 5.92 Å². The number of hydrogen-bond donors (Lipinski definition) is 1. The quantitative estimate of drug-likeness (QED) is 0.442. The zero-order valence-electron chi connectivity index (χ0n) is 19.5. The number of hydrogen-bond acceptors (Lipinski definition) is 6. The molecule has 1 saturated carbocycles. The minimum Gasteiger partial charge on any atom is -0.496 e. The van der Waals surface area contributed by atoms with Crippen LogP contribution < -0.4 is 9.64 Å². The lowest BCUT2D eigenvalue weighted by atomic mass is 9.86. The lowest BCUT2D eigenvalue weighted by Gasteiger charge is -2.35. The van der Waals surface area contributed by atoms with Crippen LogP contribution in [-0.2, 0) is 16.3 Å². The largest absolute Gasteiger partial charge is 0.496 e. The van der Waals surface area contributed by atoms with E-state index < -0.39 is 9.84 Å². The summed E-state index contributed by atoms with van der Waals surface area (Å²) in [6.07, 6.45) is 9.72. The lowest BCUT2D eigenvalue weighted by molar-refractivity contribution is 0.340. The van der Waals surface area contributed by atoms with E-state index in [-0.39, 0.29) is 11.7 Å². The lowest BCUT2D eigenvalue weighted by Crippen LogP contribution is -2.37. The zero-order chi connectivity index (χ0) is 23.3. The first-order valence-corrected chi connectivity index (χ1v) is 13.6. The van der Waals surface area contributed by atoms with Crippen LogP contribution in [0.2, 0.25) is 0 Å². The van der Waals surface area contributed by atoms with Crippen LogP contribution in [0.1, 0.15) is 44.1 Å². The molecule has 0 bridgehead atoms. The first kappa shape index (κ1) is 23.5. The van der Waals surface area contributed by atoms with E-state index in [2.05, 4.69) is 26.9 Å². The van der Waals surface area contributed by atoms with Crippen LogP contribution in [0.4, 0.5) is 5.82 Å². The molecule has 2 heterocycles. The maximum Gasteiger partial charge on any atom is 0.150 e. The van der Waals surface area contributed by atoms with Crippen molar-refractivity contribution in [2.45, 2.75) is 51.0 Å². The Morgan fingerprint density at radius 1 is 1.09 bits per heavy atom. The Kier molecular flexibility index (Phi) is 7.53. The fourth-order valence-electron chi connectivity index (χ4n) is 5.00. The third kappa shape index (κ3) is 5.85. The number of nitrogens with zero attached hydrogens (tertiary/aromatic N) is 3. The van der Waals surface area contributed by atoms with Gasteiger partial charge < -0.3 is 14.6 Å². The van der Waals surface area contributed by atoms with Gasteiger partial charge in [-0.2, -0.15) is 0 Å². The SMILES string of the molecule is COc1ccccc1CCCCS(=O)(=O)CC1CCC(N(C)c2ncnc3[nH]ccc23)CC1. The van der Waals surface area contributed by atoms with Crippen LogP contribution in [0.5, 0.6) is 5.75 Å². The van der Waals surface area contributed by atoms with Crippen molar-refractivity contribution < 1.29 is 13.2 Å². The van der Waals surface area contributed by atoms with Crippen LogP contribution in [0.3, 0.4) is 0 Å². The molecule has 3 aromatic rings. The maximum absolute atomic E-state index is 12.7. The van der Waals surface area contributed by atoms with Gasteiger partial charge in [0.2, 0.25) is 0 Å². The summed E-state index contributed by atoms with van der Waals surface area (Å²) in [6, 6.07) is 10.3. The van der Waals surface area contributed by atoms with Crippen molar-refractivity contribution in [2.75, 3.05) is 30.6 Å². The predicted molar refractivity (Wildman–Crippen MR) is 133 cm³/mol. The number of nitrogens with one attached hydrogen (secondary N) is 1. The van der Waals surface area contributed by atoms with Crippen molar-refractivity contribution in [3.8, 4) is 5.75 Å². The zero-order valence-corrected chi connectivity index (χ0v) is 20.4. The molecule has 1 fully saturated rings. The molecule has 0 saturated heterocycles. The summed E-state index contributed by atoms with van der Waals surface area (Å²) in [5.41, 5.74) is 1.98. The van der Waals surface area contributed by atoms with Gasteiger partial charge in [-0.15, -0.1) is 0 Å². The second kappa shape index (κ2) is 10.5. The number of aromatic amines is 1. The number of benzene rings is 1. The van der Waals surface area contributed by atoms with E-state index in [0.717, 1.165) is 66.7 Å². The fourth-order valence-corrected chi connectivity index (χ4v) is 6.86. The summed E-state index contributed by atoms with van der Waals surface area (Å²) in [7, 11) is 0.720. The van der Waals surface area contributed by atoms with E-state index in [1.807, 2.05) is 36.5 Å². The van der Waals surface area contributed by atoms with Crippen molar-refractivity contribution in [1.29, 1.82) is 0 Å². The summed E-state index contributed by atoms with van der Waals surface area (Å²) in [6.45, 7) is 0. The van der Waals surface area contributed by atoms with Crippen LogP contribution in [-0.4, -0.2) is 55.1 Å². The standard InChI is InChI=1S/C25H34N4O3S/c1-29(25-22-14-15-26-24(22)27-18-28-25)21-12-10-19(11-13-21)17-33(30,31)16-6-5-8-20-7-3-4-9-23(20)32-2/h3-4,7,9,14-15,18-19,21H,5-6,8,10-13,16-17H2,1-2H3,(H,26,27,28). The predicted octanol–water partition coefficient (Wildman–Crippen LogP) is 4.40. The number of rotatable bonds is 10. The molecule has 0 amide bonds. The number of fused-ring (bicyclic) bond motifs is 1. The number of sulfone groups is 1. The van der Waals surface area contributed by atoms with E-state index in [1.165, 1.54) is 0 Å². The molecule has 0 unspecified atom stereocenters. The Hall–Kier alpha value is -2.61. The molecule has 1 aromatic carbocycles. The van der Waals surface area contributed by atoms with Gasteiger partial charge in [-0.25, -0.2) is 18.4 Å². The highest BCUT2D eigenvalue weighted by atomic mass is 32.2. The van der Waals surface area contributed by atoms with Crippen molar-refractivity contribution in [2.24, 2.45) is 5.92 Å². The van der Waals surface area contributed by atoms with Crippen molar-refractivity contribution in [1.82, 2.24) is 15.0 Å². The number of methoxy groups -OCH3 is 1. The number of para-hydroxylation sites is 1. The smallest absolute Gasteiger partial charge is 0.150 e. The Morgan fingerprint density at radius 3 is 2.67 bits per heavy atom. The Labute approximate surface area is 196 Å². The molecule has 1 aliphatic rings. The topological polar surface area (TPSA) is 88.2 Å². The summed E-state index contributed by atoms with van der Waals surface area (Å²) in [5.74, 6) is 2.65. The Morgan fingerprint density at radius 2 is 1.88 bits per heavy atom. The Balaban J connectivity index is 1.23. The van der Waals surface area contributed by atoms with Gasteiger partial charge in [0, 0.05) is 19.3 Å². The molecule has 1 N–H and O–H groups in total. The Bertz CT molecular complexity index is 1150. The number of anilines is 1. The summed E-state index contributed by atoms with van der Waals surface area (Å²) in [4.78, 5) is 14.1. The van der Waals surface area contributed by atoms with Gasteiger partial charge in [-0.1, -0.05) is 18.2 Å². The number of aryl methyl sites for hydroxylation is 1. The molecule has 33 heavy (non-hydrogen) atoms. The summed E-state index contributed by atoms with van der Waals surface area (Å²) >= 11 is 0. The first-order valence-electron chi connectivity index (χ1n) is 11.8. The molecule has 1 aliphatic carbocycles. The third-order valence-electron chi connectivity index (χ3n) is 6.86. The average Bonchev–Trinajstić information content (AvgIpc) is 3.31. The molecule has 8 heteroatoms. The third-order valence-corrected chi connectivity index (χ3v) is 8.75. The second-order valence-electron chi connectivity index (χ2n) is 9.11. The molecular weight excluding hydrogens is 436 g/mol. The number of ether oxygens (including phenoxy) is 1. The van der Waals surface area contributed by atoms with E-state index in [9.17, 15) is 8.42 Å². The van der Waals surface area contributed by atoms with Crippen LogP contribution >= 0.6 is 0 Å². The highest BCUT2D eigenvalue weighted by molar-refractivity contribution is 7.91. The van der Waals surface area contributed by atoms with E-state index >= 15 is 0 Å². The monoisotopic (exact) mass is 470 g/mol. The van der Waals surface area contributed by atoms with E-state index in [1.54, 1.807) is 13.4 Å². The molecule has 178 valence electrons. The van der Waals surface area contributed by atoms with Crippen molar-refractivity contribution >= 4 is 26.7 Å². The van der Waals surface area contributed by atoms with Gasteiger partial charge in [0.05, 0.1) is 24.0 Å². The van der Waals surface area contributed by atoms with Gasteiger partial charge in [0.15, 0.2) is 9.84 Å². The molecule has 0 atom stereocenters. The number of H-pyrrole nitrogens is 1. The van der Waals surface area contributed by atoms with Crippen LogP contribution in [0.15, 0.2) is 42.9 Å².